The zero-order chi connectivity index (χ0) is 10.6. The lowest BCUT2D eigenvalue weighted by Crippen LogP contribution is -2.05. The Balaban J connectivity index is 2.90. The van der Waals surface area contributed by atoms with Gasteiger partial charge in [-0.15, -0.1) is 0 Å². The molecule has 0 spiro atoms. The van der Waals surface area contributed by atoms with Crippen molar-refractivity contribution in [1.82, 2.24) is 0 Å². The van der Waals surface area contributed by atoms with E-state index in [1.807, 2.05) is 19.9 Å². The zero-order valence-electron chi connectivity index (χ0n) is 9.18. The van der Waals surface area contributed by atoms with Crippen molar-refractivity contribution in [2.75, 3.05) is 26.3 Å². The van der Waals surface area contributed by atoms with Gasteiger partial charge in [0, 0.05) is 12.8 Å². The molecule has 78 valence electrons. The monoisotopic (exact) mass is 195 g/mol. The normalized spacial score (nSPS) is 10.0. The Bertz CT molecular complexity index is 310. The first-order chi connectivity index (χ1) is 6.69. The Morgan fingerprint density at radius 3 is 2.43 bits per heavy atom. The van der Waals surface area contributed by atoms with Crippen molar-refractivity contribution in [3.8, 4) is 5.75 Å². The van der Waals surface area contributed by atoms with E-state index in [2.05, 4.69) is 11.4 Å². The van der Waals surface area contributed by atoms with E-state index in [0.29, 0.717) is 6.73 Å². The molecule has 0 bridgehead atoms. The van der Waals surface area contributed by atoms with Crippen molar-refractivity contribution >= 4 is 5.69 Å². The molecule has 14 heavy (non-hydrogen) atoms. The zero-order valence-corrected chi connectivity index (χ0v) is 9.18. The van der Waals surface area contributed by atoms with E-state index in [4.69, 9.17) is 9.47 Å². The smallest absolute Gasteiger partial charge is 0.122 e. The van der Waals surface area contributed by atoms with Crippen LogP contribution in [0.25, 0.3) is 0 Å². The highest BCUT2D eigenvalue weighted by Gasteiger charge is 2.03. The van der Waals surface area contributed by atoms with Crippen LogP contribution in [0.4, 0.5) is 5.69 Å². The first-order valence-corrected chi connectivity index (χ1v) is 4.57. The number of anilines is 1. The van der Waals surface area contributed by atoms with Crippen LogP contribution in [0, 0.1) is 13.8 Å². The highest BCUT2D eigenvalue weighted by atomic mass is 16.5. The standard InChI is InChI=1S/C11H17NO2/c1-8-6-11(14-4)9(2)5-10(8)12-7-13-3/h5-6,12H,7H2,1-4H3. The Morgan fingerprint density at radius 2 is 1.86 bits per heavy atom. The molecule has 0 aliphatic rings. The first-order valence-electron chi connectivity index (χ1n) is 4.57. The third kappa shape index (κ3) is 2.39. The van der Waals surface area contributed by atoms with E-state index in [1.54, 1.807) is 14.2 Å². The lowest BCUT2D eigenvalue weighted by molar-refractivity contribution is 0.221. The topological polar surface area (TPSA) is 30.5 Å². The molecule has 0 radical (unpaired) electrons. The van der Waals surface area contributed by atoms with Crippen molar-refractivity contribution in [1.29, 1.82) is 0 Å². The van der Waals surface area contributed by atoms with Crippen LogP contribution >= 0.6 is 0 Å². The number of benzene rings is 1. The van der Waals surface area contributed by atoms with Crippen LogP contribution in [0.2, 0.25) is 0 Å². The fourth-order valence-electron chi connectivity index (χ4n) is 1.35. The molecule has 1 N–H and O–H groups in total. The molecule has 0 saturated heterocycles. The van der Waals surface area contributed by atoms with Crippen molar-refractivity contribution in [3.63, 3.8) is 0 Å². The summed E-state index contributed by atoms with van der Waals surface area (Å²) in [6, 6.07) is 4.08. The Labute approximate surface area is 85.0 Å². The molecule has 0 saturated carbocycles. The van der Waals surface area contributed by atoms with Gasteiger partial charge in [-0.1, -0.05) is 0 Å². The largest absolute Gasteiger partial charge is 0.496 e. The quantitative estimate of drug-likeness (QED) is 0.748. The van der Waals surface area contributed by atoms with Gasteiger partial charge in [0.2, 0.25) is 0 Å². The van der Waals surface area contributed by atoms with Crippen LogP contribution < -0.4 is 10.1 Å². The summed E-state index contributed by atoms with van der Waals surface area (Å²) in [7, 11) is 3.35. The van der Waals surface area contributed by atoms with E-state index in [0.717, 1.165) is 22.6 Å². The van der Waals surface area contributed by atoms with E-state index in [1.165, 1.54) is 0 Å². The number of hydrogen-bond acceptors (Lipinski definition) is 3. The van der Waals surface area contributed by atoms with Gasteiger partial charge in [-0.05, 0) is 37.1 Å². The second-order valence-electron chi connectivity index (χ2n) is 3.25. The maximum absolute atomic E-state index is 5.23. The first kappa shape index (κ1) is 10.9. The molecule has 0 atom stereocenters. The summed E-state index contributed by atoms with van der Waals surface area (Å²) in [6.07, 6.45) is 0. The van der Waals surface area contributed by atoms with Crippen LogP contribution in [0.1, 0.15) is 11.1 Å². The summed E-state index contributed by atoms with van der Waals surface area (Å²) >= 11 is 0. The fraction of sp³-hybridized carbons (Fsp3) is 0.455. The van der Waals surface area contributed by atoms with Gasteiger partial charge in [-0.25, -0.2) is 0 Å². The van der Waals surface area contributed by atoms with Gasteiger partial charge in [-0.2, -0.15) is 0 Å². The number of methoxy groups -OCH3 is 2. The highest BCUT2D eigenvalue weighted by molar-refractivity contribution is 5.56. The Kier molecular flexibility index (Phi) is 3.77. The number of rotatable bonds is 4. The van der Waals surface area contributed by atoms with Gasteiger partial charge in [0.15, 0.2) is 0 Å². The third-order valence-electron chi connectivity index (χ3n) is 2.15. The molecule has 0 unspecified atom stereocenters. The maximum atomic E-state index is 5.23. The molecule has 3 heteroatoms. The Morgan fingerprint density at radius 1 is 1.14 bits per heavy atom. The van der Waals surface area contributed by atoms with Gasteiger partial charge < -0.3 is 14.8 Å². The number of nitrogens with one attached hydrogen (secondary N) is 1. The second-order valence-corrected chi connectivity index (χ2v) is 3.25. The van der Waals surface area contributed by atoms with E-state index in [9.17, 15) is 0 Å². The second kappa shape index (κ2) is 4.86. The average molecular weight is 195 g/mol. The van der Waals surface area contributed by atoms with Crippen molar-refractivity contribution in [2.24, 2.45) is 0 Å². The minimum atomic E-state index is 0.520. The van der Waals surface area contributed by atoms with Crippen LogP contribution in [0.5, 0.6) is 5.75 Å². The summed E-state index contributed by atoms with van der Waals surface area (Å²) in [5.74, 6) is 0.922. The lowest BCUT2D eigenvalue weighted by Gasteiger charge is -2.12. The average Bonchev–Trinajstić information content (AvgIpc) is 2.18. The van der Waals surface area contributed by atoms with E-state index < -0.39 is 0 Å². The van der Waals surface area contributed by atoms with Gasteiger partial charge in [-0.3, -0.25) is 0 Å². The summed E-state index contributed by atoms with van der Waals surface area (Å²) in [5, 5.41) is 3.18. The predicted molar refractivity (Wildman–Crippen MR) is 58.0 cm³/mol. The molecule has 0 fully saturated rings. The maximum Gasteiger partial charge on any atom is 0.122 e. The predicted octanol–water partition coefficient (Wildman–Crippen LogP) is 2.33. The van der Waals surface area contributed by atoms with E-state index in [-0.39, 0.29) is 0 Å². The van der Waals surface area contributed by atoms with Crippen molar-refractivity contribution in [3.05, 3.63) is 23.3 Å². The van der Waals surface area contributed by atoms with Crippen LogP contribution in [0.15, 0.2) is 12.1 Å². The minimum Gasteiger partial charge on any atom is -0.496 e. The molecule has 0 heterocycles. The number of hydrogen-bond donors (Lipinski definition) is 1. The van der Waals surface area contributed by atoms with Gasteiger partial charge >= 0.3 is 0 Å². The molecule has 0 aliphatic heterocycles. The lowest BCUT2D eigenvalue weighted by atomic mass is 10.1. The van der Waals surface area contributed by atoms with Crippen molar-refractivity contribution < 1.29 is 9.47 Å². The molecule has 1 aromatic carbocycles. The minimum absolute atomic E-state index is 0.520. The van der Waals surface area contributed by atoms with Crippen LogP contribution in [0.3, 0.4) is 0 Å². The Hall–Kier alpha value is -1.22. The molecular weight excluding hydrogens is 178 g/mol. The summed E-state index contributed by atoms with van der Waals surface area (Å²) in [4.78, 5) is 0. The summed E-state index contributed by atoms with van der Waals surface area (Å²) in [6.45, 7) is 4.59. The highest BCUT2D eigenvalue weighted by Crippen LogP contribution is 2.25. The van der Waals surface area contributed by atoms with Gasteiger partial charge in [0.25, 0.3) is 0 Å². The molecule has 1 aromatic rings. The van der Waals surface area contributed by atoms with Gasteiger partial charge in [0.05, 0.1) is 7.11 Å². The van der Waals surface area contributed by atoms with E-state index >= 15 is 0 Å². The van der Waals surface area contributed by atoms with Crippen LogP contribution in [-0.4, -0.2) is 21.0 Å². The molecular formula is C11H17NO2. The van der Waals surface area contributed by atoms with Crippen LogP contribution in [-0.2, 0) is 4.74 Å². The molecule has 0 aliphatic carbocycles. The summed E-state index contributed by atoms with van der Waals surface area (Å²) < 4.78 is 10.2. The van der Waals surface area contributed by atoms with Gasteiger partial charge in [0.1, 0.15) is 12.5 Å². The molecule has 0 amide bonds. The number of aryl methyl sites for hydroxylation is 2. The summed E-state index contributed by atoms with van der Waals surface area (Å²) in [5.41, 5.74) is 3.37. The molecule has 0 aromatic heterocycles. The third-order valence-corrected chi connectivity index (χ3v) is 2.15. The fourth-order valence-corrected chi connectivity index (χ4v) is 1.35. The number of ether oxygens (including phenoxy) is 2. The van der Waals surface area contributed by atoms with Crippen molar-refractivity contribution in [2.45, 2.75) is 13.8 Å². The molecule has 3 nitrogen and oxygen atoms in total. The SMILES string of the molecule is COCNc1cc(C)c(OC)cc1C. The molecule has 1 rings (SSSR count).